The molecule has 3 N–H and O–H groups in total. The van der Waals surface area contributed by atoms with Crippen LogP contribution in [0, 0.1) is 0 Å². The average molecular weight is 403 g/mol. The molecule has 6 nitrogen and oxygen atoms in total. The second kappa shape index (κ2) is 9.22. The molecule has 2 aliphatic heterocycles. The highest BCUT2D eigenvalue weighted by atomic mass is 32.1. The molecule has 0 amide bonds. The van der Waals surface area contributed by atoms with E-state index in [4.69, 9.17) is 4.74 Å². The maximum absolute atomic E-state index is 10.6. The summed E-state index contributed by atoms with van der Waals surface area (Å²) in [6.07, 6.45) is 2.14. The molecule has 1 aromatic carbocycles. The maximum atomic E-state index is 10.6. The molecule has 4 rings (SSSR count). The quantitative estimate of drug-likeness (QED) is 0.511. The van der Waals surface area contributed by atoms with Crippen molar-refractivity contribution in [1.29, 1.82) is 0 Å². The molecule has 3 atom stereocenters. The Labute approximate surface area is 170 Å². The molecular formula is C21H30N4O2S. The van der Waals surface area contributed by atoms with Gasteiger partial charge in [-0.05, 0) is 43.8 Å². The molecule has 3 unspecified atom stereocenters. The SMILES string of the molecule is CCNC(=NCC(O)c1cc2ccccc2s1)NCC1CN2CCCC2CO1. The van der Waals surface area contributed by atoms with E-state index in [-0.39, 0.29) is 6.10 Å². The van der Waals surface area contributed by atoms with Crippen LogP contribution < -0.4 is 10.6 Å². The zero-order chi connectivity index (χ0) is 19.3. The van der Waals surface area contributed by atoms with Crippen molar-refractivity contribution in [2.75, 3.05) is 39.3 Å². The minimum Gasteiger partial charge on any atom is -0.386 e. The summed E-state index contributed by atoms with van der Waals surface area (Å²) in [7, 11) is 0. The van der Waals surface area contributed by atoms with Gasteiger partial charge >= 0.3 is 0 Å². The number of nitrogens with one attached hydrogen (secondary N) is 2. The van der Waals surface area contributed by atoms with Crippen LogP contribution in [0.2, 0.25) is 0 Å². The largest absolute Gasteiger partial charge is 0.386 e. The van der Waals surface area contributed by atoms with E-state index >= 15 is 0 Å². The first-order chi connectivity index (χ1) is 13.7. The highest BCUT2D eigenvalue weighted by Crippen LogP contribution is 2.29. The predicted octanol–water partition coefficient (Wildman–Crippen LogP) is 2.35. The third kappa shape index (κ3) is 4.66. The fraction of sp³-hybridized carbons (Fsp3) is 0.571. The van der Waals surface area contributed by atoms with Gasteiger partial charge in [0.05, 0.1) is 19.3 Å². The van der Waals surface area contributed by atoms with Crippen LogP contribution in [0.5, 0.6) is 0 Å². The Kier molecular flexibility index (Phi) is 6.47. The number of hydrogen-bond acceptors (Lipinski definition) is 5. The molecule has 1 aromatic heterocycles. The molecule has 2 aliphatic rings. The Balaban J connectivity index is 1.32. The van der Waals surface area contributed by atoms with Crippen molar-refractivity contribution in [3.05, 3.63) is 35.2 Å². The van der Waals surface area contributed by atoms with Crippen molar-refractivity contribution in [3.8, 4) is 0 Å². The van der Waals surface area contributed by atoms with Gasteiger partial charge in [0, 0.05) is 35.3 Å². The molecular weight excluding hydrogens is 372 g/mol. The molecule has 2 saturated heterocycles. The molecule has 2 aromatic rings. The van der Waals surface area contributed by atoms with Crippen molar-refractivity contribution in [2.45, 2.75) is 38.0 Å². The van der Waals surface area contributed by atoms with Crippen LogP contribution in [0.15, 0.2) is 35.3 Å². The molecule has 152 valence electrons. The second-order valence-corrected chi connectivity index (χ2v) is 8.66. The number of hydrogen-bond donors (Lipinski definition) is 3. The number of ether oxygens (including phenoxy) is 1. The van der Waals surface area contributed by atoms with E-state index in [1.165, 1.54) is 29.5 Å². The molecule has 7 heteroatoms. The summed E-state index contributed by atoms with van der Waals surface area (Å²) in [5.74, 6) is 0.731. The van der Waals surface area contributed by atoms with E-state index in [1.807, 2.05) is 19.1 Å². The van der Waals surface area contributed by atoms with Crippen LogP contribution in [0.1, 0.15) is 30.7 Å². The van der Waals surface area contributed by atoms with Gasteiger partial charge < -0.3 is 20.5 Å². The third-order valence-electron chi connectivity index (χ3n) is 5.50. The number of rotatable bonds is 6. The number of morpholine rings is 1. The monoisotopic (exact) mass is 402 g/mol. The van der Waals surface area contributed by atoms with E-state index < -0.39 is 6.10 Å². The fourth-order valence-electron chi connectivity index (χ4n) is 4.00. The Morgan fingerprint density at radius 3 is 3.14 bits per heavy atom. The Bertz CT molecular complexity index is 776. The van der Waals surface area contributed by atoms with Crippen molar-refractivity contribution in [2.24, 2.45) is 4.99 Å². The number of aliphatic hydroxyl groups excluding tert-OH is 1. The van der Waals surface area contributed by atoms with Gasteiger partial charge in [-0.3, -0.25) is 9.89 Å². The normalized spacial score (nSPS) is 24.3. The Morgan fingerprint density at radius 1 is 1.39 bits per heavy atom. The minimum absolute atomic E-state index is 0.186. The van der Waals surface area contributed by atoms with E-state index in [0.717, 1.165) is 37.1 Å². The lowest BCUT2D eigenvalue weighted by molar-refractivity contribution is -0.0453. The summed E-state index contributed by atoms with van der Waals surface area (Å²) in [4.78, 5) is 8.09. The summed E-state index contributed by atoms with van der Waals surface area (Å²) in [6, 6.07) is 10.9. The predicted molar refractivity (Wildman–Crippen MR) is 115 cm³/mol. The lowest BCUT2D eigenvalue weighted by Crippen LogP contribution is -2.51. The molecule has 0 saturated carbocycles. The summed E-state index contributed by atoms with van der Waals surface area (Å²) in [6.45, 7) is 6.91. The van der Waals surface area contributed by atoms with Crippen LogP contribution in [-0.2, 0) is 4.74 Å². The smallest absolute Gasteiger partial charge is 0.191 e. The summed E-state index contributed by atoms with van der Waals surface area (Å²) < 4.78 is 7.21. The highest BCUT2D eigenvalue weighted by Gasteiger charge is 2.32. The van der Waals surface area contributed by atoms with Gasteiger partial charge in [-0.2, -0.15) is 0 Å². The molecule has 0 bridgehead atoms. The van der Waals surface area contributed by atoms with Crippen LogP contribution >= 0.6 is 11.3 Å². The van der Waals surface area contributed by atoms with Crippen LogP contribution in [0.25, 0.3) is 10.1 Å². The number of guanidine groups is 1. The van der Waals surface area contributed by atoms with Crippen LogP contribution in [0.3, 0.4) is 0 Å². The van der Waals surface area contributed by atoms with Crippen molar-refractivity contribution < 1.29 is 9.84 Å². The zero-order valence-electron chi connectivity index (χ0n) is 16.4. The van der Waals surface area contributed by atoms with Crippen LogP contribution in [0.4, 0.5) is 0 Å². The van der Waals surface area contributed by atoms with E-state index in [1.54, 1.807) is 11.3 Å². The average Bonchev–Trinajstić information content (AvgIpc) is 3.36. The van der Waals surface area contributed by atoms with E-state index in [2.05, 4.69) is 38.7 Å². The molecule has 0 aliphatic carbocycles. The van der Waals surface area contributed by atoms with Gasteiger partial charge in [0.15, 0.2) is 5.96 Å². The first-order valence-electron chi connectivity index (χ1n) is 10.3. The lowest BCUT2D eigenvalue weighted by atomic mass is 10.2. The summed E-state index contributed by atoms with van der Waals surface area (Å²) in [5, 5.41) is 18.4. The number of nitrogens with zero attached hydrogens (tertiary/aromatic N) is 2. The van der Waals surface area contributed by atoms with Gasteiger partial charge in [-0.15, -0.1) is 11.3 Å². The zero-order valence-corrected chi connectivity index (χ0v) is 17.3. The van der Waals surface area contributed by atoms with Gasteiger partial charge in [0.2, 0.25) is 0 Å². The number of aliphatic imine (C=N–C) groups is 1. The summed E-state index contributed by atoms with van der Waals surface area (Å²) >= 11 is 1.63. The van der Waals surface area contributed by atoms with Gasteiger partial charge in [-0.25, -0.2) is 0 Å². The van der Waals surface area contributed by atoms with Crippen molar-refractivity contribution in [3.63, 3.8) is 0 Å². The van der Waals surface area contributed by atoms with Crippen molar-refractivity contribution in [1.82, 2.24) is 15.5 Å². The van der Waals surface area contributed by atoms with Gasteiger partial charge in [-0.1, -0.05) is 18.2 Å². The maximum Gasteiger partial charge on any atom is 0.191 e. The van der Waals surface area contributed by atoms with E-state index in [0.29, 0.717) is 12.6 Å². The molecule has 0 radical (unpaired) electrons. The number of fused-ring (bicyclic) bond motifs is 2. The van der Waals surface area contributed by atoms with E-state index in [9.17, 15) is 5.11 Å². The lowest BCUT2D eigenvalue weighted by Gasteiger charge is -2.35. The molecule has 0 spiro atoms. The standard InChI is InChI=1S/C21H30N4O2S/c1-2-22-21(23-11-17-13-25-9-5-7-16(25)14-27-17)24-12-18(26)20-10-15-6-3-4-8-19(15)28-20/h3-4,6,8,10,16-18,26H,2,5,7,9,11-14H2,1H3,(H2,22,23,24). The molecule has 2 fully saturated rings. The van der Waals surface area contributed by atoms with Crippen molar-refractivity contribution >= 4 is 27.4 Å². The van der Waals surface area contributed by atoms with Gasteiger partial charge in [0.1, 0.15) is 6.10 Å². The molecule has 3 heterocycles. The highest BCUT2D eigenvalue weighted by molar-refractivity contribution is 7.19. The Hall–Kier alpha value is -1.67. The first kappa shape index (κ1) is 19.6. The Morgan fingerprint density at radius 2 is 2.29 bits per heavy atom. The fourth-order valence-corrected chi connectivity index (χ4v) is 5.04. The number of aliphatic hydroxyl groups is 1. The first-order valence-corrected chi connectivity index (χ1v) is 11.1. The minimum atomic E-state index is -0.593. The summed E-state index contributed by atoms with van der Waals surface area (Å²) in [5.41, 5.74) is 0. The number of thiophene rings is 1. The van der Waals surface area contributed by atoms with Gasteiger partial charge in [0.25, 0.3) is 0 Å². The third-order valence-corrected chi connectivity index (χ3v) is 6.72. The number of benzene rings is 1. The topological polar surface area (TPSA) is 69.1 Å². The van der Waals surface area contributed by atoms with Crippen LogP contribution in [-0.4, -0.2) is 67.4 Å². The second-order valence-electron chi connectivity index (χ2n) is 7.55. The molecule has 28 heavy (non-hydrogen) atoms.